The van der Waals surface area contributed by atoms with Gasteiger partial charge in [-0.05, 0) is 38.1 Å². The third-order valence-corrected chi connectivity index (χ3v) is 1.86. The van der Waals surface area contributed by atoms with Crippen molar-refractivity contribution in [3.8, 4) is 5.75 Å². The van der Waals surface area contributed by atoms with Gasteiger partial charge in [0, 0.05) is 0 Å². The highest BCUT2D eigenvalue weighted by Crippen LogP contribution is 2.13. The standard InChI is InChI=1S/C12H16O4/c1-3-15-12(14)10-4-6-11(7-5-10)16-8-9(2)13/h4-7,9,13H,3,8H2,1-2H3/t9-/m0/s1. The highest BCUT2D eigenvalue weighted by molar-refractivity contribution is 5.89. The first-order valence-electron chi connectivity index (χ1n) is 5.21. The van der Waals surface area contributed by atoms with Crippen LogP contribution < -0.4 is 4.74 Å². The molecule has 0 fully saturated rings. The van der Waals surface area contributed by atoms with Crippen LogP contribution in [0, 0.1) is 0 Å². The summed E-state index contributed by atoms with van der Waals surface area (Å²) in [5.41, 5.74) is 0.492. The molecular weight excluding hydrogens is 208 g/mol. The van der Waals surface area contributed by atoms with Gasteiger partial charge in [0.25, 0.3) is 0 Å². The molecule has 1 rings (SSSR count). The molecule has 0 amide bonds. The number of aliphatic hydroxyl groups excluding tert-OH is 1. The van der Waals surface area contributed by atoms with Gasteiger partial charge in [0.15, 0.2) is 0 Å². The van der Waals surface area contributed by atoms with Crippen LogP contribution >= 0.6 is 0 Å². The summed E-state index contributed by atoms with van der Waals surface area (Å²) in [5.74, 6) is 0.276. The smallest absolute Gasteiger partial charge is 0.338 e. The molecule has 0 radical (unpaired) electrons. The minimum absolute atomic E-state index is 0.235. The lowest BCUT2D eigenvalue weighted by Gasteiger charge is -2.08. The maximum atomic E-state index is 11.3. The van der Waals surface area contributed by atoms with Gasteiger partial charge in [-0.25, -0.2) is 4.79 Å². The summed E-state index contributed by atoms with van der Waals surface area (Å²) in [6.07, 6.45) is -0.510. The van der Waals surface area contributed by atoms with E-state index < -0.39 is 6.10 Å². The van der Waals surface area contributed by atoms with Crippen LogP contribution in [0.25, 0.3) is 0 Å². The van der Waals surface area contributed by atoms with Gasteiger partial charge in [0.1, 0.15) is 12.4 Å². The summed E-state index contributed by atoms with van der Waals surface area (Å²) in [6.45, 7) is 4.00. The van der Waals surface area contributed by atoms with E-state index in [1.807, 2.05) is 0 Å². The van der Waals surface area contributed by atoms with E-state index in [0.717, 1.165) is 0 Å². The zero-order chi connectivity index (χ0) is 12.0. The molecule has 4 nitrogen and oxygen atoms in total. The minimum atomic E-state index is -0.510. The number of aliphatic hydroxyl groups is 1. The summed E-state index contributed by atoms with van der Waals surface area (Å²) >= 11 is 0. The maximum absolute atomic E-state index is 11.3. The average Bonchev–Trinajstić information content (AvgIpc) is 2.27. The molecular formula is C12H16O4. The van der Waals surface area contributed by atoms with Gasteiger partial charge in [-0.1, -0.05) is 0 Å². The lowest BCUT2D eigenvalue weighted by molar-refractivity contribution is 0.0526. The molecule has 1 atom stereocenters. The first-order chi connectivity index (χ1) is 7.63. The van der Waals surface area contributed by atoms with Crippen LogP contribution in [-0.4, -0.2) is 30.4 Å². The molecule has 0 spiro atoms. The van der Waals surface area contributed by atoms with Gasteiger partial charge in [-0.15, -0.1) is 0 Å². The van der Waals surface area contributed by atoms with Crippen LogP contribution in [0.3, 0.4) is 0 Å². The molecule has 0 aliphatic rings. The summed E-state index contributed by atoms with van der Waals surface area (Å²) < 4.78 is 10.1. The molecule has 0 heterocycles. The molecule has 16 heavy (non-hydrogen) atoms. The zero-order valence-corrected chi connectivity index (χ0v) is 9.47. The quantitative estimate of drug-likeness (QED) is 0.772. The molecule has 0 saturated carbocycles. The lowest BCUT2D eigenvalue weighted by Crippen LogP contribution is -2.12. The number of hydrogen-bond acceptors (Lipinski definition) is 4. The Labute approximate surface area is 94.8 Å². The topological polar surface area (TPSA) is 55.8 Å². The van der Waals surface area contributed by atoms with Crippen molar-refractivity contribution in [1.29, 1.82) is 0 Å². The normalized spacial score (nSPS) is 11.9. The molecule has 1 aromatic carbocycles. The largest absolute Gasteiger partial charge is 0.491 e. The second-order valence-electron chi connectivity index (χ2n) is 3.40. The Bertz CT molecular complexity index is 329. The Kier molecular flexibility index (Phi) is 4.79. The van der Waals surface area contributed by atoms with Gasteiger partial charge in [-0.2, -0.15) is 0 Å². The summed E-state index contributed by atoms with van der Waals surface area (Å²) in [5, 5.41) is 9.03. The molecule has 0 aliphatic carbocycles. The van der Waals surface area contributed by atoms with E-state index in [-0.39, 0.29) is 12.6 Å². The third kappa shape index (κ3) is 3.90. The molecule has 1 aromatic rings. The van der Waals surface area contributed by atoms with Crippen LogP contribution in [0.4, 0.5) is 0 Å². The van der Waals surface area contributed by atoms with Crippen LogP contribution in [0.2, 0.25) is 0 Å². The Hall–Kier alpha value is -1.55. The number of benzene rings is 1. The SMILES string of the molecule is CCOC(=O)c1ccc(OC[C@H](C)O)cc1. The van der Waals surface area contributed by atoms with E-state index in [4.69, 9.17) is 14.6 Å². The summed E-state index contributed by atoms with van der Waals surface area (Å²) in [6, 6.07) is 6.62. The second-order valence-corrected chi connectivity index (χ2v) is 3.40. The van der Waals surface area contributed by atoms with E-state index in [1.54, 1.807) is 38.1 Å². The Morgan fingerprint density at radius 1 is 1.38 bits per heavy atom. The summed E-state index contributed by atoms with van der Waals surface area (Å²) in [4.78, 5) is 11.3. The highest BCUT2D eigenvalue weighted by atomic mass is 16.5. The molecule has 0 saturated heterocycles. The fraction of sp³-hybridized carbons (Fsp3) is 0.417. The Morgan fingerprint density at radius 2 is 2.00 bits per heavy atom. The predicted octanol–water partition coefficient (Wildman–Crippen LogP) is 1.62. The molecule has 0 aliphatic heterocycles. The molecule has 0 bridgehead atoms. The van der Waals surface area contributed by atoms with E-state index in [2.05, 4.69) is 0 Å². The highest BCUT2D eigenvalue weighted by Gasteiger charge is 2.06. The van der Waals surface area contributed by atoms with Gasteiger partial charge in [0.2, 0.25) is 0 Å². The van der Waals surface area contributed by atoms with Gasteiger partial charge >= 0.3 is 5.97 Å². The third-order valence-electron chi connectivity index (χ3n) is 1.86. The van der Waals surface area contributed by atoms with Crippen LogP contribution in [0.5, 0.6) is 5.75 Å². The zero-order valence-electron chi connectivity index (χ0n) is 9.47. The van der Waals surface area contributed by atoms with Crippen LogP contribution in [0.15, 0.2) is 24.3 Å². The Morgan fingerprint density at radius 3 is 2.50 bits per heavy atom. The van der Waals surface area contributed by atoms with Gasteiger partial charge < -0.3 is 14.6 Å². The number of ether oxygens (including phenoxy) is 2. The van der Waals surface area contributed by atoms with E-state index in [1.165, 1.54) is 0 Å². The summed E-state index contributed by atoms with van der Waals surface area (Å²) in [7, 11) is 0. The van der Waals surface area contributed by atoms with Crippen molar-refractivity contribution >= 4 is 5.97 Å². The van der Waals surface area contributed by atoms with Gasteiger partial charge in [-0.3, -0.25) is 0 Å². The fourth-order valence-electron chi connectivity index (χ4n) is 1.12. The maximum Gasteiger partial charge on any atom is 0.338 e. The average molecular weight is 224 g/mol. The van der Waals surface area contributed by atoms with Gasteiger partial charge in [0.05, 0.1) is 18.3 Å². The van der Waals surface area contributed by atoms with Crippen LogP contribution in [-0.2, 0) is 4.74 Å². The van der Waals surface area contributed by atoms with Crippen molar-refractivity contribution in [3.63, 3.8) is 0 Å². The molecule has 1 N–H and O–H groups in total. The number of rotatable bonds is 5. The number of esters is 1. The monoisotopic (exact) mass is 224 g/mol. The molecule has 88 valence electrons. The first kappa shape index (κ1) is 12.5. The first-order valence-corrected chi connectivity index (χ1v) is 5.21. The molecule has 0 aromatic heterocycles. The second kappa shape index (κ2) is 6.12. The molecule has 0 unspecified atom stereocenters. The van der Waals surface area contributed by atoms with E-state index >= 15 is 0 Å². The molecule has 4 heteroatoms. The van der Waals surface area contributed by atoms with Crippen molar-refractivity contribution in [2.75, 3.05) is 13.2 Å². The predicted molar refractivity (Wildman–Crippen MR) is 59.6 cm³/mol. The minimum Gasteiger partial charge on any atom is -0.491 e. The number of hydrogen-bond donors (Lipinski definition) is 1. The van der Waals surface area contributed by atoms with E-state index in [0.29, 0.717) is 17.9 Å². The van der Waals surface area contributed by atoms with E-state index in [9.17, 15) is 4.79 Å². The lowest BCUT2D eigenvalue weighted by atomic mass is 10.2. The van der Waals surface area contributed by atoms with Crippen LogP contribution in [0.1, 0.15) is 24.2 Å². The fourth-order valence-corrected chi connectivity index (χ4v) is 1.12. The number of carbonyl (C=O) groups excluding carboxylic acids is 1. The van der Waals surface area contributed by atoms with Crippen molar-refractivity contribution in [2.24, 2.45) is 0 Å². The Balaban J connectivity index is 2.57. The van der Waals surface area contributed by atoms with Crippen molar-refractivity contribution in [1.82, 2.24) is 0 Å². The van der Waals surface area contributed by atoms with Crippen molar-refractivity contribution in [3.05, 3.63) is 29.8 Å². The van der Waals surface area contributed by atoms with Crippen molar-refractivity contribution in [2.45, 2.75) is 20.0 Å². The number of carbonyl (C=O) groups is 1. The van der Waals surface area contributed by atoms with Crippen molar-refractivity contribution < 1.29 is 19.4 Å².